The molecule has 0 spiro atoms. The number of hydrogen-bond acceptors (Lipinski definition) is 4. The van der Waals surface area contributed by atoms with Crippen LogP contribution in [0.3, 0.4) is 0 Å². The van der Waals surface area contributed by atoms with Crippen molar-refractivity contribution in [2.45, 2.75) is 25.4 Å². The summed E-state index contributed by atoms with van der Waals surface area (Å²) in [5, 5.41) is 1.21. The first kappa shape index (κ1) is 16.7. The summed E-state index contributed by atoms with van der Waals surface area (Å²) >= 11 is 1.80. The first-order valence-corrected chi connectivity index (χ1v) is 6.97. The zero-order valence-corrected chi connectivity index (χ0v) is 13.1. The molecule has 2 aromatic rings. The fraction of sp³-hybridized carbons (Fsp3) is 0.462. The molecule has 0 saturated carbocycles. The number of hydrogen-bond donors (Lipinski definition) is 1. The Kier molecular flexibility index (Phi) is 6.50. The van der Waals surface area contributed by atoms with Gasteiger partial charge in [-0.05, 0) is 31.5 Å². The van der Waals surface area contributed by atoms with Gasteiger partial charge in [-0.3, -0.25) is 4.90 Å². The Hall–Kier alpha value is -0.390. The Morgan fingerprint density at radius 3 is 2.84 bits per heavy atom. The maximum absolute atomic E-state index is 5.79. The fourth-order valence-electron chi connectivity index (χ4n) is 2.53. The van der Waals surface area contributed by atoms with Crippen LogP contribution in [0.2, 0.25) is 0 Å². The molecular weight excluding hydrogens is 301 g/mol. The maximum atomic E-state index is 5.79. The van der Waals surface area contributed by atoms with Crippen molar-refractivity contribution < 1.29 is 0 Å². The first-order chi connectivity index (χ1) is 8.36. The molecule has 3 rings (SSSR count). The molecule has 1 atom stereocenters. The van der Waals surface area contributed by atoms with Crippen LogP contribution in [-0.4, -0.2) is 29.0 Å². The Balaban J connectivity index is 0.000000902. The maximum Gasteiger partial charge on any atom is 0.108 e. The molecule has 0 radical (unpaired) electrons. The second-order valence-electron chi connectivity index (χ2n) is 4.58. The van der Waals surface area contributed by atoms with Crippen molar-refractivity contribution >= 4 is 46.4 Å². The number of thiazole rings is 1. The Bertz CT molecular complexity index is 484. The number of nitrogens with two attached hydrogens (primary N) is 1. The van der Waals surface area contributed by atoms with Gasteiger partial charge in [-0.15, -0.1) is 36.2 Å². The average molecular weight is 320 g/mol. The fourth-order valence-corrected chi connectivity index (χ4v) is 3.52. The zero-order valence-electron chi connectivity index (χ0n) is 10.6. The van der Waals surface area contributed by atoms with Gasteiger partial charge in [0.05, 0.1) is 16.8 Å². The van der Waals surface area contributed by atoms with Gasteiger partial charge in [-0.2, -0.15) is 0 Å². The summed E-state index contributed by atoms with van der Waals surface area (Å²) in [7, 11) is 0. The van der Waals surface area contributed by atoms with Gasteiger partial charge in [-0.1, -0.05) is 12.1 Å². The minimum absolute atomic E-state index is 0. The number of nitrogens with zero attached hydrogens (tertiary/aromatic N) is 2. The topological polar surface area (TPSA) is 42.1 Å². The second-order valence-corrected chi connectivity index (χ2v) is 5.69. The molecule has 106 valence electrons. The highest BCUT2D eigenvalue weighted by atomic mass is 35.5. The SMILES string of the molecule is Cl.Cl.NCC1CCCN1Cc1nc2ccccc2s1. The van der Waals surface area contributed by atoms with Crippen LogP contribution in [-0.2, 0) is 6.54 Å². The number of fused-ring (bicyclic) bond motifs is 1. The van der Waals surface area contributed by atoms with E-state index in [4.69, 9.17) is 5.73 Å². The highest BCUT2D eigenvalue weighted by Crippen LogP contribution is 2.25. The van der Waals surface area contributed by atoms with Crippen LogP contribution in [0.4, 0.5) is 0 Å². The number of aromatic nitrogens is 1. The van der Waals surface area contributed by atoms with Crippen molar-refractivity contribution in [2.24, 2.45) is 5.73 Å². The van der Waals surface area contributed by atoms with E-state index in [1.807, 2.05) is 6.07 Å². The van der Waals surface area contributed by atoms with E-state index in [0.717, 1.165) is 25.2 Å². The molecular formula is C13H19Cl2N3S. The van der Waals surface area contributed by atoms with Crippen LogP contribution < -0.4 is 5.73 Å². The van der Waals surface area contributed by atoms with Gasteiger partial charge in [0.2, 0.25) is 0 Å². The number of likely N-dealkylation sites (tertiary alicyclic amines) is 1. The molecule has 19 heavy (non-hydrogen) atoms. The van der Waals surface area contributed by atoms with Gasteiger partial charge in [0, 0.05) is 12.6 Å². The van der Waals surface area contributed by atoms with Crippen LogP contribution >= 0.6 is 36.2 Å². The van der Waals surface area contributed by atoms with Crippen molar-refractivity contribution in [3.05, 3.63) is 29.3 Å². The van der Waals surface area contributed by atoms with Crippen molar-refractivity contribution in [2.75, 3.05) is 13.1 Å². The predicted octanol–water partition coefficient (Wildman–Crippen LogP) is 3.06. The average Bonchev–Trinajstić information content (AvgIpc) is 2.94. The van der Waals surface area contributed by atoms with E-state index >= 15 is 0 Å². The second kappa shape index (κ2) is 7.41. The molecule has 0 bridgehead atoms. The van der Waals surface area contributed by atoms with Gasteiger partial charge in [-0.25, -0.2) is 4.98 Å². The molecule has 6 heteroatoms. The molecule has 0 amide bonds. The predicted molar refractivity (Wildman–Crippen MR) is 86.6 cm³/mol. The summed E-state index contributed by atoms with van der Waals surface area (Å²) in [6.45, 7) is 2.89. The van der Waals surface area contributed by atoms with E-state index in [9.17, 15) is 0 Å². The molecule has 2 N–H and O–H groups in total. The van der Waals surface area contributed by atoms with Gasteiger partial charge >= 0.3 is 0 Å². The van der Waals surface area contributed by atoms with E-state index in [1.54, 1.807) is 11.3 Å². The lowest BCUT2D eigenvalue weighted by Gasteiger charge is -2.21. The standard InChI is InChI=1S/C13H17N3S.2ClH/c14-8-10-4-3-7-16(10)9-13-15-11-5-1-2-6-12(11)17-13;;/h1-2,5-6,10H,3-4,7-9,14H2;2*1H. The van der Waals surface area contributed by atoms with Crippen LogP contribution in [0, 0.1) is 0 Å². The van der Waals surface area contributed by atoms with Gasteiger partial charge < -0.3 is 5.73 Å². The molecule has 3 nitrogen and oxygen atoms in total. The Morgan fingerprint density at radius 1 is 1.32 bits per heavy atom. The molecule has 1 aliphatic heterocycles. The Morgan fingerprint density at radius 2 is 2.11 bits per heavy atom. The minimum Gasteiger partial charge on any atom is -0.329 e. The highest BCUT2D eigenvalue weighted by Gasteiger charge is 2.23. The highest BCUT2D eigenvalue weighted by molar-refractivity contribution is 7.18. The molecule has 2 heterocycles. The minimum atomic E-state index is 0. The third-order valence-corrected chi connectivity index (χ3v) is 4.47. The number of benzene rings is 1. The zero-order chi connectivity index (χ0) is 11.7. The van der Waals surface area contributed by atoms with Gasteiger partial charge in [0.1, 0.15) is 5.01 Å². The quantitative estimate of drug-likeness (QED) is 0.945. The first-order valence-electron chi connectivity index (χ1n) is 6.15. The van der Waals surface area contributed by atoms with E-state index in [0.29, 0.717) is 6.04 Å². The smallest absolute Gasteiger partial charge is 0.108 e. The summed E-state index contributed by atoms with van der Waals surface area (Å²) in [6.07, 6.45) is 2.51. The van der Waals surface area contributed by atoms with E-state index < -0.39 is 0 Å². The number of rotatable bonds is 3. The largest absolute Gasteiger partial charge is 0.329 e. The normalized spacial score (nSPS) is 19.1. The van der Waals surface area contributed by atoms with Crippen molar-refractivity contribution in [1.29, 1.82) is 0 Å². The summed E-state index contributed by atoms with van der Waals surface area (Å²) in [6, 6.07) is 8.90. The van der Waals surface area contributed by atoms with Crippen molar-refractivity contribution in [3.63, 3.8) is 0 Å². The van der Waals surface area contributed by atoms with Crippen LogP contribution in [0.5, 0.6) is 0 Å². The lowest BCUT2D eigenvalue weighted by Crippen LogP contribution is -2.34. The summed E-state index contributed by atoms with van der Waals surface area (Å²) < 4.78 is 1.28. The molecule has 1 aromatic carbocycles. The monoisotopic (exact) mass is 319 g/mol. The molecule has 1 aliphatic rings. The van der Waals surface area contributed by atoms with E-state index in [1.165, 1.54) is 22.5 Å². The molecule has 1 fully saturated rings. The van der Waals surface area contributed by atoms with Gasteiger partial charge in [0.15, 0.2) is 0 Å². The van der Waals surface area contributed by atoms with E-state index in [-0.39, 0.29) is 24.8 Å². The van der Waals surface area contributed by atoms with Crippen molar-refractivity contribution in [1.82, 2.24) is 9.88 Å². The number of halogens is 2. The van der Waals surface area contributed by atoms with Crippen molar-refractivity contribution in [3.8, 4) is 0 Å². The third kappa shape index (κ3) is 3.58. The lowest BCUT2D eigenvalue weighted by atomic mass is 10.2. The van der Waals surface area contributed by atoms with Crippen LogP contribution in [0.15, 0.2) is 24.3 Å². The summed E-state index contributed by atoms with van der Waals surface area (Å²) in [5.41, 5.74) is 6.92. The van der Waals surface area contributed by atoms with Crippen LogP contribution in [0.1, 0.15) is 17.8 Å². The molecule has 1 aromatic heterocycles. The molecule has 0 aliphatic carbocycles. The summed E-state index contributed by atoms with van der Waals surface area (Å²) in [4.78, 5) is 7.15. The van der Waals surface area contributed by atoms with Crippen LogP contribution in [0.25, 0.3) is 10.2 Å². The summed E-state index contributed by atoms with van der Waals surface area (Å²) in [5.74, 6) is 0. The molecule has 1 unspecified atom stereocenters. The molecule has 1 saturated heterocycles. The Labute approximate surface area is 130 Å². The lowest BCUT2D eigenvalue weighted by molar-refractivity contribution is 0.250. The number of para-hydroxylation sites is 1. The van der Waals surface area contributed by atoms with Gasteiger partial charge in [0.25, 0.3) is 0 Å². The third-order valence-electron chi connectivity index (χ3n) is 3.45. The van der Waals surface area contributed by atoms with E-state index in [2.05, 4.69) is 28.1 Å².